The highest BCUT2D eigenvalue weighted by Gasteiger charge is 2.45. The molecule has 2 aliphatic heterocycles. The number of hydrogen-bond donors (Lipinski definition) is 0. The zero-order valence-electron chi connectivity index (χ0n) is 23.4. The molecule has 6 nitrogen and oxygen atoms in total. The molecule has 37 heavy (non-hydrogen) atoms. The first-order chi connectivity index (χ1) is 17.6. The van der Waals surface area contributed by atoms with Gasteiger partial charge in [0.1, 0.15) is 11.5 Å². The summed E-state index contributed by atoms with van der Waals surface area (Å²) < 4.78 is 37.2. The normalized spacial score (nSPS) is 24.4. The second-order valence-corrected chi connectivity index (χ2v) is 13.7. The summed E-state index contributed by atoms with van der Waals surface area (Å²) in [6.45, 7) is 19.3. The van der Waals surface area contributed by atoms with E-state index in [9.17, 15) is 0 Å². The van der Waals surface area contributed by atoms with Crippen molar-refractivity contribution in [3.8, 4) is 11.5 Å². The van der Waals surface area contributed by atoms with Crippen LogP contribution in [0.3, 0.4) is 0 Å². The molecule has 2 aliphatic rings. The van der Waals surface area contributed by atoms with Crippen LogP contribution in [0, 0.1) is 5.41 Å². The van der Waals surface area contributed by atoms with Gasteiger partial charge in [0.15, 0.2) is 0 Å². The molecule has 0 amide bonds. The van der Waals surface area contributed by atoms with Crippen LogP contribution < -0.4 is 9.05 Å². The SMILES string of the molecule is CC(C)c1cccc(C(C)C)c1OP1OCC2(CO1)COP(Oc1c(C(C)C)cccc1C(C)C)OC2. The van der Waals surface area contributed by atoms with Gasteiger partial charge >= 0.3 is 17.2 Å². The van der Waals surface area contributed by atoms with E-state index in [1.54, 1.807) is 0 Å². The van der Waals surface area contributed by atoms with E-state index in [0.29, 0.717) is 50.1 Å². The fraction of sp³-hybridized carbons (Fsp3) is 0.586. The monoisotopic (exact) mass is 548 g/mol. The Balaban J connectivity index is 1.38. The van der Waals surface area contributed by atoms with Crippen LogP contribution in [-0.4, -0.2) is 26.4 Å². The lowest BCUT2D eigenvalue weighted by atomic mass is 9.93. The van der Waals surface area contributed by atoms with Crippen LogP contribution in [0.5, 0.6) is 11.5 Å². The summed E-state index contributed by atoms with van der Waals surface area (Å²) >= 11 is 0. The van der Waals surface area contributed by atoms with Crippen LogP contribution in [0.15, 0.2) is 36.4 Å². The summed E-state index contributed by atoms with van der Waals surface area (Å²) in [5, 5.41) is 0. The Kier molecular flexibility index (Phi) is 9.54. The van der Waals surface area contributed by atoms with Crippen molar-refractivity contribution in [3.63, 3.8) is 0 Å². The number of para-hydroxylation sites is 2. The maximum absolute atomic E-state index is 6.36. The van der Waals surface area contributed by atoms with E-state index < -0.39 is 17.2 Å². The lowest BCUT2D eigenvalue weighted by Crippen LogP contribution is -2.45. The average Bonchev–Trinajstić information content (AvgIpc) is 2.86. The van der Waals surface area contributed by atoms with Gasteiger partial charge < -0.3 is 27.1 Å². The largest absolute Gasteiger partial charge is 0.426 e. The molecule has 8 heteroatoms. The lowest BCUT2D eigenvalue weighted by Gasteiger charge is -2.41. The molecular weight excluding hydrogens is 506 g/mol. The Morgan fingerprint density at radius 3 is 1.05 bits per heavy atom. The topological polar surface area (TPSA) is 55.4 Å². The van der Waals surface area contributed by atoms with Gasteiger partial charge in [0.25, 0.3) is 0 Å². The van der Waals surface area contributed by atoms with Crippen molar-refractivity contribution in [2.24, 2.45) is 5.41 Å². The van der Waals surface area contributed by atoms with Crippen molar-refractivity contribution in [3.05, 3.63) is 58.7 Å². The Hall–Kier alpha value is -1.26. The Labute approximate surface area is 225 Å². The van der Waals surface area contributed by atoms with Gasteiger partial charge in [-0.05, 0) is 45.9 Å². The quantitative estimate of drug-likeness (QED) is 0.307. The molecule has 0 unspecified atom stereocenters. The fourth-order valence-electron chi connectivity index (χ4n) is 4.51. The van der Waals surface area contributed by atoms with Crippen LogP contribution in [0.4, 0.5) is 0 Å². The molecule has 0 aromatic heterocycles. The molecule has 0 N–H and O–H groups in total. The smallest absolute Gasteiger partial charge is 0.397 e. The number of hydrogen-bond acceptors (Lipinski definition) is 6. The Bertz CT molecular complexity index is 899. The predicted octanol–water partition coefficient (Wildman–Crippen LogP) is 9.17. The van der Waals surface area contributed by atoms with Crippen molar-refractivity contribution in [2.45, 2.75) is 79.1 Å². The van der Waals surface area contributed by atoms with Crippen LogP contribution in [0.2, 0.25) is 0 Å². The van der Waals surface area contributed by atoms with Gasteiger partial charge in [-0.3, -0.25) is 0 Å². The van der Waals surface area contributed by atoms with E-state index in [1.165, 1.54) is 22.3 Å². The van der Waals surface area contributed by atoms with Crippen molar-refractivity contribution in [2.75, 3.05) is 26.4 Å². The minimum atomic E-state index is -1.49. The molecular formula is C29H42O6P2. The molecule has 2 heterocycles. The van der Waals surface area contributed by atoms with Gasteiger partial charge in [0.2, 0.25) is 0 Å². The summed E-state index contributed by atoms with van der Waals surface area (Å²) in [6, 6.07) is 12.7. The highest BCUT2D eigenvalue weighted by Crippen LogP contribution is 2.55. The minimum absolute atomic E-state index is 0.344. The third-order valence-electron chi connectivity index (χ3n) is 6.88. The van der Waals surface area contributed by atoms with E-state index in [4.69, 9.17) is 27.1 Å². The highest BCUT2D eigenvalue weighted by molar-refractivity contribution is 7.42. The van der Waals surface area contributed by atoms with Gasteiger partial charge in [0, 0.05) is 0 Å². The number of rotatable bonds is 8. The zero-order valence-corrected chi connectivity index (χ0v) is 25.2. The van der Waals surface area contributed by atoms with Gasteiger partial charge in [-0.1, -0.05) is 91.8 Å². The van der Waals surface area contributed by atoms with Crippen molar-refractivity contribution in [1.82, 2.24) is 0 Å². The zero-order chi connectivity index (χ0) is 26.7. The van der Waals surface area contributed by atoms with Crippen LogP contribution in [0.1, 0.15) is 101 Å². The van der Waals surface area contributed by atoms with Crippen molar-refractivity contribution < 1.29 is 27.1 Å². The van der Waals surface area contributed by atoms with Crippen molar-refractivity contribution >= 4 is 17.2 Å². The van der Waals surface area contributed by atoms with E-state index in [2.05, 4.69) is 91.8 Å². The molecule has 0 atom stereocenters. The second kappa shape index (κ2) is 12.3. The van der Waals surface area contributed by atoms with Crippen molar-refractivity contribution in [1.29, 1.82) is 0 Å². The Morgan fingerprint density at radius 1 is 0.541 bits per heavy atom. The third-order valence-corrected chi connectivity index (χ3v) is 8.90. The summed E-state index contributed by atoms with van der Waals surface area (Å²) in [7, 11) is -2.98. The Morgan fingerprint density at radius 2 is 0.811 bits per heavy atom. The molecule has 0 saturated carbocycles. The molecule has 0 radical (unpaired) electrons. The molecule has 0 aliphatic carbocycles. The van der Waals surface area contributed by atoms with E-state index >= 15 is 0 Å². The molecule has 1 spiro atoms. The van der Waals surface area contributed by atoms with Gasteiger partial charge in [0.05, 0.1) is 31.8 Å². The number of benzene rings is 2. The van der Waals surface area contributed by atoms with E-state index in [1.807, 2.05) is 0 Å². The summed E-state index contributed by atoms with van der Waals surface area (Å²) in [6.07, 6.45) is 0. The first-order valence-electron chi connectivity index (χ1n) is 13.3. The van der Waals surface area contributed by atoms with E-state index in [0.717, 1.165) is 11.5 Å². The fourth-order valence-corrected chi connectivity index (χ4v) is 7.11. The third kappa shape index (κ3) is 6.67. The first-order valence-corrected chi connectivity index (χ1v) is 15.5. The predicted molar refractivity (Wildman–Crippen MR) is 151 cm³/mol. The summed E-state index contributed by atoms with van der Waals surface area (Å²) in [5.41, 5.74) is 4.35. The molecule has 2 fully saturated rings. The maximum Gasteiger partial charge on any atom is 0.397 e. The molecule has 0 bridgehead atoms. The first kappa shape index (κ1) is 28.7. The lowest BCUT2D eigenvalue weighted by molar-refractivity contribution is -0.0674. The minimum Gasteiger partial charge on any atom is -0.426 e. The average molecular weight is 549 g/mol. The second-order valence-electron chi connectivity index (χ2n) is 11.4. The molecule has 204 valence electrons. The molecule has 4 rings (SSSR count). The molecule has 2 aromatic rings. The standard InChI is InChI=1S/C29H42O6P2/c1-19(2)23-11-9-12-24(20(3)4)27(23)34-36-30-15-29(16-31-36)17-32-37(33-18-29)35-28-25(21(5)6)13-10-14-26(28)22(7)8/h9-14,19-22H,15-18H2,1-8H3. The van der Waals surface area contributed by atoms with Gasteiger partial charge in [-0.2, -0.15) is 0 Å². The van der Waals surface area contributed by atoms with Crippen LogP contribution >= 0.6 is 17.2 Å². The van der Waals surface area contributed by atoms with Gasteiger partial charge in [-0.15, -0.1) is 0 Å². The highest BCUT2D eigenvalue weighted by atomic mass is 31.2. The maximum atomic E-state index is 6.36. The van der Waals surface area contributed by atoms with Crippen LogP contribution in [-0.2, 0) is 18.1 Å². The molecule has 2 saturated heterocycles. The summed E-state index contributed by atoms with van der Waals surface area (Å²) in [5.74, 6) is 3.17. The van der Waals surface area contributed by atoms with Gasteiger partial charge in [-0.25, -0.2) is 0 Å². The molecule has 2 aromatic carbocycles. The summed E-state index contributed by atoms with van der Waals surface area (Å²) in [4.78, 5) is 0. The van der Waals surface area contributed by atoms with E-state index in [-0.39, 0.29) is 5.41 Å². The van der Waals surface area contributed by atoms with Crippen LogP contribution in [0.25, 0.3) is 0 Å².